The van der Waals surface area contributed by atoms with Crippen LogP contribution in [0.15, 0.2) is 17.0 Å². The quantitative estimate of drug-likeness (QED) is 0.483. The minimum absolute atomic E-state index is 0.0599. The highest BCUT2D eigenvalue weighted by atomic mass is 32.2. The van der Waals surface area contributed by atoms with Crippen molar-refractivity contribution in [3.63, 3.8) is 0 Å². The normalized spacial score (nSPS) is 16.0. The van der Waals surface area contributed by atoms with E-state index in [1.807, 2.05) is 0 Å². The Kier molecular flexibility index (Phi) is 5.42. The minimum Gasteiger partial charge on any atom is -0.493 e. The Morgan fingerprint density at radius 2 is 1.91 bits per heavy atom. The highest BCUT2D eigenvalue weighted by Crippen LogP contribution is 2.36. The first-order chi connectivity index (χ1) is 11.0. The van der Waals surface area contributed by atoms with Gasteiger partial charge in [-0.25, -0.2) is 13.9 Å². The van der Waals surface area contributed by atoms with Gasteiger partial charge in [-0.3, -0.25) is 10.0 Å². The Bertz CT molecular complexity index is 685. The summed E-state index contributed by atoms with van der Waals surface area (Å²) in [7, 11) is -1.27. The molecule has 10 heteroatoms. The minimum atomic E-state index is -3.92. The number of ether oxygens (including phenoxy) is 2. The maximum Gasteiger partial charge on any atom is 0.279 e. The summed E-state index contributed by atoms with van der Waals surface area (Å²) in [6.07, 6.45) is 0. The van der Waals surface area contributed by atoms with Crippen LogP contribution in [0.25, 0.3) is 0 Å². The summed E-state index contributed by atoms with van der Waals surface area (Å²) in [6, 6.07) is 2.67. The molecule has 0 spiro atoms. The molecule has 0 radical (unpaired) electrons. The zero-order valence-electron chi connectivity index (χ0n) is 12.8. The fraction of sp³-hybridized carbons (Fsp3) is 0.462. The number of amides is 1. The number of sulfonamides is 1. The second-order valence-electron chi connectivity index (χ2n) is 4.77. The molecule has 1 fully saturated rings. The molecular formula is C13H19N3O6S. The van der Waals surface area contributed by atoms with E-state index in [9.17, 15) is 13.2 Å². The Labute approximate surface area is 134 Å². The smallest absolute Gasteiger partial charge is 0.279 e. The van der Waals surface area contributed by atoms with E-state index in [1.54, 1.807) is 0 Å². The number of piperazine rings is 1. The standard InChI is InChI=1S/C13H19N3O6S/c1-21-9-3-4-10(11(12(9)22-2)13(17)15-18)23(19,20)16-7-5-14-6-8-16/h3-4,14,18H,5-8H2,1-2H3,(H,15,17). The lowest BCUT2D eigenvalue weighted by Crippen LogP contribution is -2.46. The van der Waals surface area contributed by atoms with Crippen LogP contribution < -0.4 is 20.3 Å². The van der Waals surface area contributed by atoms with Crippen molar-refractivity contribution in [2.75, 3.05) is 40.4 Å². The molecule has 1 aliphatic rings. The molecule has 0 aliphatic carbocycles. The highest BCUT2D eigenvalue weighted by Gasteiger charge is 2.33. The summed E-state index contributed by atoms with van der Waals surface area (Å²) >= 11 is 0. The van der Waals surface area contributed by atoms with Gasteiger partial charge in [-0.2, -0.15) is 4.31 Å². The van der Waals surface area contributed by atoms with Crippen molar-refractivity contribution in [2.24, 2.45) is 0 Å². The van der Waals surface area contributed by atoms with Gasteiger partial charge < -0.3 is 14.8 Å². The van der Waals surface area contributed by atoms with Crippen LogP contribution in [0.5, 0.6) is 11.5 Å². The SMILES string of the molecule is COc1ccc(S(=O)(=O)N2CCNCC2)c(C(=O)NO)c1OC. The number of carbonyl (C=O) groups excluding carboxylic acids is 1. The predicted molar refractivity (Wildman–Crippen MR) is 80.4 cm³/mol. The van der Waals surface area contributed by atoms with E-state index in [0.717, 1.165) is 0 Å². The van der Waals surface area contributed by atoms with Gasteiger partial charge in [0.15, 0.2) is 11.5 Å². The molecule has 0 atom stereocenters. The first kappa shape index (κ1) is 17.5. The Balaban J connectivity index is 2.63. The number of rotatable bonds is 5. The first-order valence-corrected chi connectivity index (χ1v) is 8.31. The second kappa shape index (κ2) is 7.13. The number of nitrogens with one attached hydrogen (secondary N) is 2. The summed E-state index contributed by atoms with van der Waals surface area (Å²) in [5.74, 6) is -0.866. The molecule has 1 aromatic carbocycles. The average Bonchev–Trinajstić information content (AvgIpc) is 2.60. The molecule has 9 nitrogen and oxygen atoms in total. The second-order valence-corrected chi connectivity index (χ2v) is 6.68. The van der Waals surface area contributed by atoms with Crippen molar-refractivity contribution < 1.29 is 27.9 Å². The summed E-state index contributed by atoms with van der Waals surface area (Å²) in [5.41, 5.74) is 1.15. The lowest BCUT2D eigenvalue weighted by Gasteiger charge is -2.27. The number of carbonyl (C=O) groups is 1. The third-order valence-electron chi connectivity index (χ3n) is 3.53. The summed E-state index contributed by atoms with van der Waals surface area (Å²) in [4.78, 5) is 11.8. The first-order valence-electron chi connectivity index (χ1n) is 6.87. The van der Waals surface area contributed by atoms with Crippen molar-refractivity contribution in [3.05, 3.63) is 17.7 Å². The van der Waals surface area contributed by atoms with Gasteiger partial charge in [0.2, 0.25) is 10.0 Å². The number of hydroxylamine groups is 1. The molecule has 1 heterocycles. The Hall–Kier alpha value is -1.88. The Morgan fingerprint density at radius 1 is 1.26 bits per heavy atom. The molecule has 23 heavy (non-hydrogen) atoms. The van der Waals surface area contributed by atoms with Crippen LogP contribution in [0.3, 0.4) is 0 Å². The van der Waals surface area contributed by atoms with Gasteiger partial charge in [0.05, 0.1) is 19.1 Å². The molecule has 0 unspecified atom stereocenters. The summed E-state index contributed by atoms with van der Waals surface area (Å²) in [6.45, 7) is 1.62. The highest BCUT2D eigenvalue weighted by molar-refractivity contribution is 7.89. The molecule has 0 aromatic heterocycles. The van der Waals surface area contributed by atoms with Crippen molar-refractivity contribution in [1.82, 2.24) is 15.1 Å². The molecular weight excluding hydrogens is 326 g/mol. The van der Waals surface area contributed by atoms with Crippen LogP contribution >= 0.6 is 0 Å². The molecule has 128 valence electrons. The lowest BCUT2D eigenvalue weighted by atomic mass is 10.1. The number of benzene rings is 1. The number of methoxy groups -OCH3 is 2. The zero-order valence-corrected chi connectivity index (χ0v) is 13.6. The molecule has 0 saturated carbocycles. The number of hydrogen-bond acceptors (Lipinski definition) is 7. The van der Waals surface area contributed by atoms with E-state index < -0.39 is 15.9 Å². The molecule has 2 rings (SSSR count). The third kappa shape index (κ3) is 3.24. The maximum atomic E-state index is 12.8. The van der Waals surface area contributed by atoms with Crippen LogP contribution in [-0.4, -0.2) is 64.2 Å². The van der Waals surface area contributed by atoms with Crippen LogP contribution in [0.1, 0.15) is 10.4 Å². The van der Waals surface area contributed by atoms with E-state index in [1.165, 1.54) is 36.1 Å². The fourth-order valence-electron chi connectivity index (χ4n) is 2.42. The predicted octanol–water partition coefficient (Wildman–Crippen LogP) is -0.583. The van der Waals surface area contributed by atoms with Crippen molar-refractivity contribution >= 4 is 15.9 Å². The van der Waals surface area contributed by atoms with Crippen LogP contribution in [0.2, 0.25) is 0 Å². The molecule has 0 bridgehead atoms. The summed E-state index contributed by atoms with van der Waals surface area (Å²) in [5, 5.41) is 12.0. The van der Waals surface area contributed by atoms with Crippen molar-refractivity contribution in [2.45, 2.75) is 4.90 Å². The monoisotopic (exact) mass is 345 g/mol. The van der Waals surface area contributed by atoms with Gasteiger partial charge in [0, 0.05) is 26.2 Å². The summed E-state index contributed by atoms with van der Waals surface area (Å²) < 4.78 is 37.2. The largest absolute Gasteiger partial charge is 0.493 e. The molecule has 1 saturated heterocycles. The van der Waals surface area contributed by atoms with E-state index in [-0.39, 0.29) is 35.0 Å². The van der Waals surface area contributed by atoms with Crippen LogP contribution in [0, 0.1) is 0 Å². The molecule has 1 aliphatic heterocycles. The average molecular weight is 345 g/mol. The third-order valence-corrected chi connectivity index (χ3v) is 5.47. The van der Waals surface area contributed by atoms with Crippen LogP contribution in [-0.2, 0) is 10.0 Å². The fourth-order valence-corrected chi connectivity index (χ4v) is 4.04. The van der Waals surface area contributed by atoms with Crippen molar-refractivity contribution in [3.8, 4) is 11.5 Å². The maximum absolute atomic E-state index is 12.8. The van der Waals surface area contributed by atoms with E-state index in [4.69, 9.17) is 14.7 Å². The van der Waals surface area contributed by atoms with Gasteiger partial charge in [-0.05, 0) is 12.1 Å². The molecule has 1 amide bonds. The van der Waals surface area contributed by atoms with E-state index >= 15 is 0 Å². The van der Waals surface area contributed by atoms with Gasteiger partial charge in [-0.1, -0.05) is 0 Å². The van der Waals surface area contributed by atoms with E-state index in [0.29, 0.717) is 13.1 Å². The van der Waals surface area contributed by atoms with Crippen molar-refractivity contribution in [1.29, 1.82) is 0 Å². The molecule has 1 aromatic rings. The number of hydrogen-bond donors (Lipinski definition) is 3. The van der Waals surface area contributed by atoms with Gasteiger partial charge in [0.1, 0.15) is 5.56 Å². The lowest BCUT2D eigenvalue weighted by molar-refractivity contribution is 0.0698. The van der Waals surface area contributed by atoms with Gasteiger partial charge in [0.25, 0.3) is 5.91 Å². The van der Waals surface area contributed by atoms with Crippen LogP contribution in [0.4, 0.5) is 0 Å². The van der Waals surface area contributed by atoms with E-state index in [2.05, 4.69) is 5.32 Å². The van der Waals surface area contributed by atoms with Gasteiger partial charge in [-0.15, -0.1) is 0 Å². The zero-order chi connectivity index (χ0) is 17.0. The number of nitrogens with zero attached hydrogens (tertiary/aromatic N) is 1. The topological polar surface area (TPSA) is 117 Å². The van der Waals surface area contributed by atoms with Gasteiger partial charge >= 0.3 is 0 Å². The molecule has 3 N–H and O–H groups in total. The Morgan fingerprint density at radius 3 is 2.43 bits per heavy atom.